The molecule has 0 aliphatic heterocycles. The van der Waals surface area contributed by atoms with E-state index in [1.807, 2.05) is 31.2 Å². The lowest BCUT2D eigenvalue weighted by atomic mass is 10.2. The molecule has 0 unspecified atom stereocenters. The average Bonchev–Trinajstić information content (AvgIpc) is 2.73. The van der Waals surface area contributed by atoms with E-state index in [2.05, 4.69) is 26.1 Å². The van der Waals surface area contributed by atoms with Crippen molar-refractivity contribution in [1.82, 2.24) is 14.8 Å². The van der Waals surface area contributed by atoms with Crippen LogP contribution in [0.3, 0.4) is 0 Å². The van der Waals surface area contributed by atoms with Gasteiger partial charge in [0, 0.05) is 27.3 Å². The van der Waals surface area contributed by atoms with Gasteiger partial charge in [0.15, 0.2) is 5.82 Å². The van der Waals surface area contributed by atoms with Crippen LogP contribution < -0.4 is 0 Å². The largest absolute Gasteiger partial charge is 0.297 e. The summed E-state index contributed by atoms with van der Waals surface area (Å²) in [5, 5.41) is 7.41. The first kappa shape index (κ1) is 14.5. The second-order valence-electron chi connectivity index (χ2n) is 3.91. The zero-order chi connectivity index (χ0) is 14.0. The molecule has 0 amide bonds. The fraction of sp³-hybridized carbons (Fsp3) is 0.273. The highest BCUT2D eigenvalue weighted by molar-refractivity contribution is 9.10. The smallest absolute Gasteiger partial charge is 0.296 e. The summed E-state index contributed by atoms with van der Waals surface area (Å²) in [5.41, 5.74) is 0.780. The van der Waals surface area contributed by atoms with E-state index in [1.54, 1.807) is 0 Å². The highest BCUT2D eigenvalue weighted by atomic mass is 79.9. The van der Waals surface area contributed by atoms with Crippen LogP contribution in [0.4, 0.5) is 0 Å². The lowest BCUT2D eigenvalue weighted by Crippen LogP contribution is -2.07. The predicted octanol–water partition coefficient (Wildman–Crippen LogP) is 3.05. The van der Waals surface area contributed by atoms with Gasteiger partial charge in [-0.1, -0.05) is 35.0 Å². The molecule has 8 heteroatoms. The molecule has 2 rings (SSSR count). The molecule has 2 aromatic rings. The summed E-state index contributed by atoms with van der Waals surface area (Å²) in [7, 11) is 1.47. The van der Waals surface area contributed by atoms with E-state index < -0.39 is 9.05 Å². The molecule has 0 atom stereocenters. The molecule has 0 saturated carbocycles. The van der Waals surface area contributed by atoms with Crippen molar-refractivity contribution in [3.05, 3.63) is 28.7 Å². The number of aromatic nitrogens is 3. The van der Waals surface area contributed by atoms with Crippen LogP contribution in [0.5, 0.6) is 0 Å². The molecule has 0 aliphatic rings. The Labute approximate surface area is 124 Å². The number of nitrogens with zero attached hydrogens (tertiary/aromatic N) is 3. The first-order valence-corrected chi connectivity index (χ1v) is 8.67. The minimum absolute atomic E-state index is 0.217. The topological polar surface area (TPSA) is 64.8 Å². The van der Waals surface area contributed by atoms with Crippen LogP contribution in [-0.2, 0) is 15.6 Å². The Kier molecular flexibility index (Phi) is 4.27. The van der Waals surface area contributed by atoms with E-state index in [4.69, 9.17) is 10.7 Å². The highest BCUT2D eigenvalue weighted by Gasteiger charge is 2.22. The summed E-state index contributed by atoms with van der Waals surface area (Å²) >= 11 is 3.37. The van der Waals surface area contributed by atoms with E-state index in [9.17, 15) is 8.42 Å². The SMILES string of the molecule is CCCn1c(-c2cccc(Br)c2)nnc1S(=O)(=O)Cl. The highest BCUT2D eigenvalue weighted by Crippen LogP contribution is 2.25. The van der Waals surface area contributed by atoms with Crippen molar-refractivity contribution < 1.29 is 8.42 Å². The van der Waals surface area contributed by atoms with Gasteiger partial charge in [-0.15, -0.1) is 10.2 Å². The number of hydrogen-bond donors (Lipinski definition) is 0. The van der Waals surface area contributed by atoms with Crippen LogP contribution in [0.1, 0.15) is 13.3 Å². The summed E-state index contributed by atoms with van der Waals surface area (Å²) in [5.74, 6) is 0.488. The maximum absolute atomic E-state index is 11.5. The van der Waals surface area contributed by atoms with Crippen molar-refractivity contribution in [3.63, 3.8) is 0 Å². The van der Waals surface area contributed by atoms with Crippen molar-refractivity contribution in [2.24, 2.45) is 0 Å². The first-order chi connectivity index (χ1) is 8.93. The Balaban J connectivity index is 2.62. The van der Waals surface area contributed by atoms with Gasteiger partial charge in [-0.2, -0.15) is 0 Å². The summed E-state index contributed by atoms with van der Waals surface area (Å²) in [6, 6.07) is 7.41. The molecule has 5 nitrogen and oxygen atoms in total. The third-order valence-electron chi connectivity index (χ3n) is 2.46. The second kappa shape index (κ2) is 5.60. The standard InChI is InChI=1S/C11H11BrClN3O2S/c1-2-6-16-10(8-4-3-5-9(12)7-8)14-15-11(16)19(13,17)18/h3-5,7H,2,6H2,1H3. The Morgan fingerprint density at radius 2 is 2.11 bits per heavy atom. The molecule has 0 aliphatic carbocycles. The lowest BCUT2D eigenvalue weighted by molar-refractivity contribution is 0.570. The van der Waals surface area contributed by atoms with Crippen molar-refractivity contribution in [2.75, 3.05) is 0 Å². The van der Waals surface area contributed by atoms with Crippen LogP contribution in [0.15, 0.2) is 33.9 Å². The molecule has 19 heavy (non-hydrogen) atoms. The van der Waals surface area contributed by atoms with Gasteiger partial charge in [0.05, 0.1) is 0 Å². The molecule has 0 bridgehead atoms. The molecule has 1 heterocycles. The van der Waals surface area contributed by atoms with Crippen LogP contribution >= 0.6 is 26.6 Å². The third-order valence-corrected chi connectivity index (χ3v) is 4.11. The van der Waals surface area contributed by atoms with Gasteiger partial charge in [-0.25, -0.2) is 8.42 Å². The third kappa shape index (κ3) is 3.16. The molecular formula is C11H11BrClN3O2S. The minimum atomic E-state index is -3.90. The summed E-state index contributed by atoms with van der Waals surface area (Å²) in [6.07, 6.45) is 0.748. The molecule has 1 aromatic carbocycles. The van der Waals surface area contributed by atoms with E-state index in [1.165, 1.54) is 4.57 Å². The van der Waals surface area contributed by atoms with Crippen LogP contribution in [-0.4, -0.2) is 23.2 Å². The lowest BCUT2D eigenvalue weighted by Gasteiger charge is -2.07. The van der Waals surface area contributed by atoms with Gasteiger partial charge in [-0.3, -0.25) is 4.57 Å². The first-order valence-electron chi connectivity index (χ1n) is 5.57. The zero-order valence-electron chi connectivity index (χ0n) is 10.0. The van der Waals surface area contributed by atoms with Crippen LogP contribution in [0.2, 0.25) is 0 Å². The van der Waals surface area contributed by atoms with Gasteiger partial charge in [0.25, 0.3) is 14.2 Å². The van der Waals surface area contributed by atoms with Gasteiger partial charge in [0.1, 0.15) is 0 Å². The maximum atomic E-state index is 11.5. The number of benzene rings is 1. The molecular weight excluding hydrogens is 354 g/mol. The second-order valence-corrected chi connectivity index (χ2v) is 7.28. The molecule has 1 aromatic heterocycles. The molecule has 0 spiro atoms. The average molecular weight is 365 g/mol. The molecule has 0 radical (unpaired) electrons. The zero-order valence-corrected chi connectivity index (χ0v) is 13.2. The van der Waals surface area contributed by atoms with E-state index in [-0.39, 0.29) is 5.16 Å². The summed E-state index contributed by atoms with van der Waals surface area (Å²) in [4.78, 5) is 0. The fourth-order valence-corrected chi connectivity index (χ4v) is 3.06. The Hall–Kier alpha value is -0.920. The van der Waals surface area contributed by atoms with Crippen LogP contribution in [0, 0.1) is 0 Å². The van der Waals surface area contributed by atoms with Gasteiger partial charge in [0.2, 0.25) is 0 Å². The van der Waals surface area contributed by atoms with Crippen molar-refractivity contribution in [1.29, 1.82) is 0 Å². The van der Waals surface area contributed by atoms with Crippen molar-refractivity contribution in [2.45, 2.75) is 25.0 Å². The molecule has 102 valence electrons. The van der Waals surface area contributed by atoms with E-state index >= 15 is 0 Å². The molecule has 0 N–H and O–H groups in total. The maximum Gasteiger partial charge on any atom is 0.296 e. The fourth-order valence-electron chi connectivity index (χ4n) is 1.74. The number of hydrogen-bond acceptors (Lipinski definition) is 4. The summed E-state index contributed by atoms with van der Waals surface area (Å²) < 4.78 is 25.3. The summed E-state index contributed by atoms with van der Waals surface area (Å²) in [6.45, 7) is 2.42. The van der Waals surface area contributed by atoms with E-state index in [0.29, 0.717) is 12.4 Å². The normalized spacial score (nSPS) is 11.7. The Bertz CT molecular complexity index is 700. The minimum Gasteiger partial charge on any atom is -0.297 e. The Morgan fingerprint density at radius 1 is 1.37 bits per heavy atom. The van der Waals surface area contributed by atoms with E-state index in [0.717, 1.165) is 16.5 Å². The quantitative estimate of drug-likeness (QED) is 0.782. The number of rotatable bonds is 4. The van der Waals surface area contributed by atoms with Crippen LogP contribution in [0.25, 0.3) is 11.4 Å². The van der Waals surface area contributed by atoms with Gasteiger partial charge < -0.3 is 0 Å². The van der Waals surface area contributed by atoms with Gasteiger partial charge >= 0.3 is 0 Å². The Morgan fingerprint density at radius 3 is 2.68 bits per heavy atom. The van der Waals surface area contributed by atoms with Gasteiger partial charge in [-0.05, 0) is 18.6 Å². The predicted molar refractivity (Wildman–Crippen MR) is 76.5 cm³/mol. The molecule has 0 saturated heterocycles. The number of halogens is 2. The molecule has 0 fully saturated rings. The van der Waals surface area contributed by atoms with Crippen molar-refractivity contribution >= 4 is 35.7 Å². The monoisotopic (exact) mass is 363 g/mol. The van der Waals surface area contributed by atoms with Crippen molar-refractivity contribution in [3.8, 4) is 11.4 Å².